The summed E-state index contributed by atoms with van der Waals surface area (Å²) in [4.78, 5) is 10.6. The van der Waals surface area contributed by atoms with E-state index < -0.39 is 5.97 Å². The maximum absolute atomic E-state index is 12.9. The molecule has 94 valence electrons. The van der Waals surface area contributed by atoms with Gasteiger partial charge in [-0.25, -0.2) is 4.39 Å². The number of rotatable bonds is 4. The summed E-state index contributed by atoms with van der Waals surface area (Å²) in [5.41, 5.74) is 7.72. The summed E-state index contributed by atoms with van der Waals surface area (Å²) in [5.74, 6) is -0.955. The highest BCUT2D eigenvalue weighted by Gasteiger charge is 2.13. The van der Waals surface area contributed by atoms with E-state index in [4.69, 9.17) is 10.8 Å². The molecule has 0 saturated carbocycles. The zero-order valence-electron chi connectivity index (χ0n) is 9.48. The zero-order valence-corrected chi connectivity index (χ0v) is 9.48. The van der Waals surface area contributed by atoms with Crippen LogP contribution in [-0.2, 0) is 11.2 Å². The molecule has 0 saturated heterocycles. The lowest BCUT2D eigenvalue weighted by atomic mass is 10.0. The largest absolute Gasteiger partial charge is 0.481 e. The van der Waals surface area contributed by atoms with E-state index in [-0.39, 0.29) is 18.1 Å². The highest BCUT2D eigenvalue weighted by atomic mass is 19.1. The maximum Gasteiger partial charge on any atom is 0.303 e. The number of aromatic nitrogens is 2. The van der Waals surface area contributed by atoms with E-state index in [2.05, 4.69) is 10.2 Å². The topological polar surface area (TPSA) is 92.0 Å². The second kappa shape index (κ2) is 4.87. The first-order valence-corrected chi connectivity index (χ1v) is 5.38. The molecule has 5 nitrogen and oxygen atoms in total. The fourth-order valence-electron chi connectivity index (χ4n) is 1.75. The molecular weight excluding hydrogens is 237 g/mol. The Balaban J connectivity index is 2.34. The molecule has 0 unspecified atom stereocenters. The minimum absolute atomic E-state index is 0.0180. The summed E-state index contributed by atoms with van der Waals surface area (Å²) in [6.45, 7) is 0. The number of nitrogens with one attached hydrogen (secondary N) is 1. The Morgan fingerprint density at radius 1 is 1.39 bits per heavy atom. The third-order valence-electron chi connectivity index (χ3n) is 2.59. The molecule has 18 heavy (non-hydrogen) atoms. The fraction of sp³-hybridized carbons (Fsp3) is 0.167. The Morgan fingerprint density at radius 2 is 2.06 bits per heavy atom. The van der Waals surface area contributed by atoms with Crippen LogP contribution in [0.25, 0.3) is 11.1 Å². The number of hydrogen-bond donors (Lipinski definition) is 3. The Labute approximate surface area is 102 Å². The van der Waals surface area contributed by atoms with Gasteiger partial charge in [-0.1, -0.05) is 12.1 Å². The quantitative estimate of drug-likeness (QED) is 0.770. The summed E-state index contributed by atoms with van der Waals surface area (Å²) in [6.07, 6.45) is 0.280. The number of hydrogen-bond acceptors (Lipinski definition) is 3. The summed E-state index contributed by atoms with van der Waals surface area (Å²) in [7, 11) is 0. The van der Waals surface area contributed by atoms with Crippen molar-refractivity contribution in [1.82, 2.24) is 10.2 Å². The number of aryl methyl sites for hydroxylation is 1. The van der Waals surface area contributed by atoms with Gasteiger partial charge >= 0.3 is 5.97 Å². The highest BCUT2D eigenvalue weighted by Crippen LogP contribution is 2.28. The van der Waals surface area contributed by atoms with Gasteiger partial charge in [0.25, 0.3) is 0 Å². The number of carboxylic acids is 1. The molecule has 2 rings (SSSR count). The molecule has 0 aliphatic rings. The molecule has 0 atom stereocenters. The smallest absolute Gasteiger partial charge is 0.303 e. The number of carboxylic acid groups (broad SMARTS) is 1. The van der Waals surface area contributed by atoms with Crippen molar-refractivity contribution in [2.75, 3.05) is 5.73 Å². The first-order chi connectivity index (χ1) is 8.58. The van der Waals surface area contributed by atoms with Gasteiger partial charge in [-0.3, -0.25) is 9.89 Å². The average molecular weight is 249 g/mol. The van der Waals surface area contributed by atoms with Gasteiger partial charge in [0.2, 0.25) is 0 Å². The number of carbonyl (C=O) groups is 1. The van der Waals surface area contributed by atoms with Crippen molar-refractivity contribution in [1.29, 1.82) is 0 Å². The van der Waals surface area contributed by atoms with Gasteiger partial charge in [-0.05, 0) is 17.7 Å². The van der Waals surface area contributed by atoms with Crippen LogP contribution in [0.15, 0.2) is 24.3 Å². The molecule has 4 N–H and O–H groups in total. The summed E-state index contributed by atoms with van der Waals surface area (Å²) in [5, 5.41) is 15.2. The van der Waals surface area contributed by atoms with Gasteiger partial charge in [0.15, 0.2) is 5.82 Å². The monoisotopic (exact) mass is 249 g/mol. The second-order valence-corrected chi connectivity index (χ2v) is 3.86. The molecule has 1 aromatic carbocycles. The molecule has 0 amide bonds. The van der Waals surface area contributed by atoms with E-state index in [9.17, 15) is 9.18 Å². The van der Waals surface area contributed by atoms with Crippen molar-refractivity contribution in [2.24, 2.45) is 0 Å². The van der Waals surface area contributed by atoms with Crippen molar-refractivity contribution in [3.8, 4) is 11.1 Å². The van der Waals surface area contributed by atoms with E-state index >= 15 is 0 Å². The molecule has 2 aromatic rings. The third-order valence-corrected chi connectivity index (χ3v) is 2.59. The minimum Gasteiger partial charge on any atom is -0.481 e. The first kappa shape index (κ1) is 12.1. The third kappa shape index (κ3) is 2.48. The van der Waals surface area contributed by atoms with Gasteiger partial charge in [0, 0.05) is 17.7 Å². The summed E-state index contributed by atoms with van der Waals surface area (Å²) >= 11 is 0. The molecule has 1 aromatic heterocycles. The highest BCUT2D eigenvalue weighted by molar-refractivity contribution is 5.77. The lowest BCUT2D eigenvalue weighted by Gasteiger charge is -2.03. The normalized spacial score (nSPS) is 10.5. The molecule has 0 fully saturated rings. The van der Waals surface area contributed by atoms with Crippen molar-refractivity contribution < 1.29 is 14.3 Å². The molecule has 0 spiro atoms. The van der Waals surface area contributed by atoms with Crippen LogP contribution < -0.4 is 5.73 Å². The maximum atomic E-state index is 12.9. The first-order valence-electron chi connectivity index (χ1n) is 5.38. The number of nitrogens with zero attached hydrogens (tertiary/aromatic N) is 1. The Kier molecular flexibility index (Phi) is 3.27. The van der Waals surface area contributed by atoms with Crippen LogP contribution in [0.4, 0.5) is 10.2 Å². The van der Waals surface area contributed by atoms with Gasteiger partial charge in [-0.2, -0.15) is 5.10 Å². The number of benzene rings is 1. The van der Waals surface area contributed by atoms with E-state index in [1.807, 2.05) is 0 Å². The lowest BCUT2D eigenvalue weighted by molar-refractivity contribution is -0.136. The van der Waals surface area contributed by atoms with E-state index in [0.29, 0.717) is 23.2 Å². The van der Waals surface area contributed by atoms with E-state index in [0.717, 1.165) is 0 Å². The van der Waals surface area contributed by atoms with Crippen molar-refractivity contribution in [3.63, 3.8) is 0 Å². The summed E-state index contributed by atoms with van der Waals surface area (Å²) in [6, 6.07) is 5.81. The van der Waals surface area contributed by atoms with Gasteiger partial charge in [0.05, 0.1) is 6.42 Å². The molecule has 0 aliphatic heterocycles. The van der Waals surface area contributed by atoms with Gasteiger partial charge in [0.1, 0.15) is 5.82 Å². The predicted octanol–water partition coefficient (Wildman–Crippen LogP) is 1.82. The molecule has 6 heteroatoms. The van der Waals surface area contributed by atoms with Crippen LogP contribution in [0.2, 0.25) is 0 Å². The van der Waals surface area contributed by atoms with Crippen LogP contribution >= 0.6 is 0 Å². The average Bonchev–Trinajstić information content (AvgIpc) is 2.69. The Hall–Kier alpha value is -2.37. The molecular formula is C12H12FN3O2. The van der Waals surface area contributed by atoms with Crippen LogP contribution in [0.5, 0.6) is 0 Å². The Morgan fingerprint density at radius 3 is 2.67 bits per heavy atom. The second-order valence-electron chi connectivity index (χ2n) is 3.86. The SMILES string of the molecule is Nc1n[nH]c(CCC(=O)O)c1-c1ccc(F)cc1. The molecule has 0 aliphatic carbocycles. The fourth-order valence-corrected chi connectivity index (χ4v) is 1.75. The van der Waals surface area contributed by atoms with Gasteiger partial charge < -0.3 is 10.8 Å². The van der Waals surface area contributed by atoms with E-state index in [1.165, 1.54) is 12.1 Å². The molecule has 0 bridgehead atoms. The lowest BCUT2D eigenvalue weighted by Crippen LogP contribution is -1.99. The van der Waals surface area contributed by atoms with Crippen molar-refractivity contribution >= 4 is 11.8 Å². The van der Waals surface area contributed by atoms with Crippen LogP contribution in [-0.4, -0.2) is 21.3 Å². The number of nitrogen functional groups attached to an aromatic ring is 1. The van der Waals surface area contributed by atoms with E-state index in [1.54, 1.807) is 12.1 Å². The summed E-state index contributed by atoms with van der Waals surface area (Å²) < 4.78 is 12.9. The van der Waals surface area contributed by atoms with Crippen LogP contribution in [0, 0.1) is 5.82 Å². The van der Waals surface area contributed by atoms with Crippen LogP contribution in [0.1, 0.15) is 12.1 Å². The molecule has 1 heterocycles. The number of nitrogens with two attached hydrogens (primary N) is 1. The zero-order chi connectivity index (χ0) is 13.1. The Bertz CT molecular complexity index is 563. The molecule has 0 radical (unpaired) electrons. The number of anilines is 1. The van der Waals surface area contributed by atoms with Crippen LogP contribution in [0.3, 0.4) is 0 Å². The van der Waals surface area contributed by atoms with Crippen molar-refractivity contribution in [3.05, 3.63) is 35.8 Å². The number of halogens is 1. The van der Waals surface area contributed by atoms with Gasteiger partial charge in [-0.15, -0.1) is 0 Å². The van der Waals surface area contributed by atoms with Crippen molar-refractivity contribution in [2.45, 2.75) is 12.8 Å². The predicted molar refractivity (Wildman–Crippen MR) is 64.4 cm³/mol. The number of aromatic amines is 1. The number of H-pyrrole nitrogens is 1. The standard InChI is InChI=1S/C12H12FN3O2/c13-8-3-1-7(2-4-8)11-9(5-6-10(17)18)15-16-12(11)14/h1-4H,5-6H2,(H,17,18)(H3,14,15,16). The minimum atomic E-state index is -0.895. The number of aliphatic carboxylic acids is 1.